The van der Waals surface area contributed by atoms with Crippen LogP contribution in [0.1, 0.15) is 49.8 Å². The highest BCUT2D eigenvalue weighted by Crippen LogP contribution is 2.32. The summed E-state index contributed by atoms with van der Waals surface area (Å²) >= 11 is 0. The number of benzene rings is 1. The SMILES string of the molecule is Cc1c(C2CCNC2)cccc1C(C)(C)C. The second kappa shape index (κ2) is 4.21. The Hall–Kier alpha value is -0.820. The van der Waals surface area contributed by atoms with Crippen LogP contribution in [0.2, 0.25) is 0 Å². The van der Waals surface area contributed by atoms with Gasteiger partial charge in [0.15, 0.2) is 0 Å². The smallest absolute Gasteiger partial charge is 0.00207 e. The summed E-state index contributed by atoms with van der Waals surface area (Å²) in [7, 11) is 0. The summed E-state index contributed by atoms with van der Waals surface area (Å²) in [5, 5.41) is 3.46. The Morgan fingerprint density at radius 1 is 1.25 bits per heavy atom. The van der Waals surface area contributed by atoms with E-state index < -0.39 is 0 Å². The van der Waals surface area contributed by atoms with E-state index in [0.717, 1.165) is 12.5 Å². The van der Waals surface area contributed by atoms with Crippen molar-refractivity contribution in [3.8, 4) is 0 Å². The third-order valence-electron chi connectivity index (χ3n) is 3.68. The van der Waals surface area contributed by atoms with E-state index in [4.69, 9.17) is 0 Å². The predicted molar refractivity (Wildman–Crippen MR) is 70.1 cm³/mol. The van der Waals surface area contributed by atoms with Crippen molar-refractivity contribution < 1.29 is 0 Å². The molecule has 1 nitrogen and oxygen atoms in total. The summed E-state index contributed by atoms with van der Waals surface area (Å²) in [6.07, 6.45) is 1.29. The highest BCUT2D eigenvalue weighted by atomic mass is 14.9. The van der Waals surface area contributed by atoms with Crippen molar-refractivity contribution in [2.75, 3.05) is 13.1 Å². The second-order valence-corrected chi connectivity index (χ2v) is 5.96. The van der Waals surface area contributed by atoms with Gasteiger partial charge in [0.1, 0.15) is 0 Å². The van der Waals surface area contributed by atoms with Gasteiger partial charge >= 0.3 is 0 Å². The van der Waals surface area contributed by atoms with Gasteiger partial charge in [-0.15, -0.1) is 0 Å². The van der Waals surface area contributed by atoms with Crippen LogP contribution in [0.25, 0.3) is 0 Å². The standard InChI is InChI=1S/C15H23N/c1-11-13(12-8-9-16-10-12)6-5-7-14(11)15(2,3)4/h5-7,12,16H,8-10H2,1-4H3. The van der Waals surface area contributed by atoms with Crippen molar-refractivity contribution in [2.45, 2.75) is 45.4 Å². The zero-order valence-corrected chi connectivity index (χ0v) is 10.9. The lowest BCUT2D eigenvalue weighted by Gasteiger charge is -2.25. The quantitative estimate of drug-likeness (QED) is 0.760. The molecule has 1 N–H and O–H groups in total. The second-order valence-electron chi connectivity index (χ2n) is 5.96. The summed E-state index contributed by atoms with van der Waals surface area (Å²) in [6.45, 7) is 11.5. The van der Waals surface area contributed by atoms with Crippen molar-refractivity contribution in [1.82, 2.24) is 5.32 Å². The molecule has 1 heterocycles. The highest BCUT2D eigenvalue weighted by Gasteiger charge is 2.22. The van der Waals surface area contributed by atoms with E-state index in [2.05, 4.69) is 51.2 Å². The van der Waals surface area contributed by atoms with E-state index >= 15 is 0 Å². The lowest BCUT2D eigenvalue weighted by molar-refractivity contribution is 0.583. The highest BCUT2D eigenvalue weighted by molar-refractivity contribution is 5.40. The Labute approximate surface area is 99.3 Å². The van der Waals surface area contributed by atoms with Crippen molar-refractivity contribution in [1.29, 1.82) is 0 Å². The average Bonchev–Trinajstić information content (AvgIpc) is 2.69. The van der Waals surface area contributed by atoms with Gasteiger partial charge in [-0.2, -0.15) is 0 Å². The third kappa shape index (κ3) is 2.15. The molecular weight excluding hydrogens is 194 g/mol. The fraction of sp³-hybridized carbons (Fsp3) is 0.600. The molecule has 1 aliphatic heterocycles. The van der Waals surface area contributed by atoms with E-state index in [1.165, 1.54) is 24.1 Å². The Bertz CT molecular complexity index is 368. The lowest BCUT2D eigenvalue weighted by Crippen LogP contribution is -2.15. The van der Waals surface area contributed by atoms with Crippen LogP contribution in [-0.4, -0.2) is 13.1 Å². The summed E-state index contributed by atoms with van der Waals surface area (Å²) in [6, 6.07) is 6.81. The van der Waals surface area contributed by atoms with Gasteiger partial charge in [-0.05, 0) is 47.9 Å². The van der Waals surface area contributed by atoms with Crippen LogP contribution in [0.4, 0.5) is 0 Å². The minimum Gasteiger partial charge on any atom is -0.316 e. The van der Waals surface area contributed by atoms with Crippen LogP contribution < -0.4 is 5.32 Å². The topological polar surface area (TPSA) is 12.0 Å². The molecule has 0 radical (unpaired) electrons. The summed E-state index contributed by atoms with van der Waals surface area (Å²) < 4.78 is 0. The normalized spacial score (nSPS) is 21.4. The van der Waals surface area contributed by atoms with Crippen molar-refractivity contribution in [3.63, 3.8) is 0 Å². The fourth-order valence-electron chi connectivity index (χ4n) is 2.83. The van der Waals surface area contributed by atoms with E-state index in [-0.39, 0.29) is 5.41 Å². The maximum atomic E-state index is 3.46. The van der Waals surface area contributed by atoms with E-state index in [9.17, 15) is 0 Å². The van der Waals surface area contributed by atoms with Crippen LogP contribution in [0, 0.1) is 6.92 Å². The van der Waals surface area contributed by atoms with Crippen LogP contribution in [0.5, 0.6) is 0 Å². The predicted octanol–water partition coefficient (Wildman–Crippen LogP) is 3.37. The molecule has 16 heavy (non-hydrogen) atoms. The largest absolute Gasteiger partial charge is 0.316 e. The zero-order valence-electron chi connectivity index (χ0n) is 10.9. The minimum atomic E-state index is 0.256. The van der Waals surface area contributed by atoms with Gasteiger partial charge in [0, 0.05) is 6.54 Å². The monoisotopic (exact) mass is 217 g/mol. The number of hydrogen-bond acceptors (Lipinski definition) is 1. The first-order valence-electron chi connectivity index (χ1n) is 6.31. The molecular formula is C15H23N. The van der Waals surface area contributed by atoms with Gasteiger partial charge in [-0.1, -0.05) is 39.0 Å². The molecule has 1 unspecified atom stereocenters. The number of rotatable bonds is 1. The van der Waals surface area contributed by atoms with Gasteiger partial charge in [-0.3, -0.25) is 0 Å². The maximum Gasteiger partial charge on any atom is 0.00207 e. The number of hydrogen-bond donors (Lipinski definition) is 1. The Kier molecular flexibility index (Phi) is 3.07. The van der Waals surface area contributed by atoms with Crippen LogP contribution in [-0.2, 0) is 5.41 Å². The van der Waals surface area contributed by atoms with Crippen LogP contribution in [0.3, 0.4) is 0 Å². The summed E-state index contributed by atoms with van der Waals surface area (Å²) in [5.74, 6) is 0.724. The first-order chi connectivity index (χ1) is 7.50. The zero-order chi connectivity index (χ0) is 11.8. The molecule has 1 atom stereocenters. The number of nitrogens with one attached hydrogen (secondary N) is 1. The lowest BCUT2D eigenvalue weighted by atomic mass is 9.80. The average molecular weight is 217 g/mol. The molecule has 0 spiro atoms. The molecule has 0 aliphatic carbocycles. The molecule has 0 saturated carbocycles. The van der Waals surface area contributed by atoms with Crippen molar-refractivity contribution >= 4 is 0 Å². The van der Waals surface area contributed by atoms with Gasteiger partial charge in [-0.25, -0.2) is 0 Å². The molecule has 1 fully saturated rings. The van der Waals surface area contributed by atoms with Crippen molar-refractivity contribution in [3.05, 3.63) is 34.9 Å². The fourth-order valence-corrected chi connectivity index (χ4v) is 2.83. The molecule has 0 aromatic heterocycles. The molecule has 1 aromatic carbocycles. The molecule has 1 aliphatic rings. The Balaban J connectivity index is 2.40. The minimum absolute atomic E-state index is 0.256. The van der Waals surface area contributed by atoms with Gasteiger partial charge in [0.2, 0.25) is 0 Å². The van der Waals surface area contributed by atoms with Crippen molar-refractivity contribution in [2.24, 2.45) is 0 Å². The Morgan fingerprint density at radius 2 is 2.00 bits per heavy atom. The first kappa shape index (κ1) is 11.7. The molecule has 0 bridgehead atoms. The molecule has 2 rings (SSSR count). The van der Waals surface area contributed by atoms with Crippen LogP contribution in [0.15, 0.2) is 18.2 Å². The van der Waals surface area contributed by atoms with E-state index in [1.807, 2.05) is 0 Å². The van der Waals surface area contributed by atoms with Gasteiger partial charge in [0.05, 0.1) is 0 Å². The molecule has 0 amide bonds. The third-order valence-corrected chi connectivity index (χ3v) is 3.68. The molecule has 1 aromatic rings. The summed E-state index contributed by atoms with van der Waals surface area (Å²) in [5.41, 5.74) is 4.81. The molecule has 88 valence electrons. The van der Waals surface area contributed by atoms with Gasteiger partial charge in [0.25, 0.3) is 0 Å². The van der Waals surface area contributed by atoms with E-state index in [1.54, 1.807) is 5.56 Å². The molecule has 1 heteroatoms. The van der Waals surface area contributed by atoms with Crippen LogP contribution >= 0.6 is 0 Å². The summed E-state index contributed by atoms with van der Waals surface area (Å²) in [4.78, 5) is 0. The van der Waals surface area contributed by atoms with E-state index in [0.29, 0.717) is 0 Å². The molecule has 1 saturated heterocycles. The Morgan fingerprint density at radius 3 is 2.56 bits per heavy atom. The maximum absolute atomic E-state index is 3.46. The first-order valence-corrected chi connectivity index (χ1v) is 6.31. The van der Waals surface area contributed by atoms with Gasteiger partial charge < -0.3 is 5.32 Å².